The fraction of sp³-hybridized carbons (Fsp3) is 0.308. The topological polar surface area (TPSA) is 85.8 Å². The summed E-state index contributed by atoms with van der Waals surface area (Å²) in [5, 5.41) is 11.1. The zero-order valence-electron chi connectivity index (χ0n) is 11.5. The number of aryl methyl sites for hydroxylation is 1. The van der Waals surface area contributed by atoms with Gasteiger partial charge in [0.25, 0.3) is 0 Å². The van der Waals surface area contributed by atoms with Crippen LogP contribution in [0, 0.1) is 0 Å². The molecule has 106 valence electrons. The molecule has 0 bridgehead atoms. The van der Waals surface area contributed by atoms with E-state index in [4.69, 9.17) is 5.73 Å². The van der Waals surface area contributed by atoms with Gasteiger partial charge in [0.2, 0.25) is 11.9 Å². The molecule has 0 aliphatic heterocycles. The van der Waals surface area contributed by atoms with Gasteiger partial charge in [-0.25, -0.2) is 0 Å². The van der Waals surface area contributed by atoms with E-state index in [9.17, 15) is 4.79 Å². The van der Waals surface area contributed by atoms with Crippen molar-refractivity contribution in [2.75, 3.05) is 16.8 Å². The molecule has 3 N–H and O–H groups in total. The first-order valence-corrected chi connectivity index (χ1v) is 7.25. The molecule has 2 rings (SSSR count). The van der Waals surface area contributed by atoms with Crippen LogP contribution in [-0.2, 0) is 18.3 Å². The molecule has 0 unspecified atom stereocenters. The number of nitrogens with one attached hydrogen (secondary N) is 1. The van der Waals surface area contributed by atoms with Crippen molar-refractivity contribution in [3.63, 3.8) is 0 Å². The average Bonchev–Trinajstić information content (AvgIpc) is 2.77. The molecular weight excluding hydrogens is 274 g/mol. The number of hydrogen-bond acceptors (Lipinski definition) is 5. The fourth-order valence-electron chi connectivity index (χ4n) is 1.65. The normalized spacial score (nSPS) is 10.5. The second-order valence-electron chi connectivity index (χ2n) is 4.29. The van der Waals surface area contributed by atoms with Crippen LogP contribution in [0.4, 0.5) is 11.6 Å². The monoisotopic (exact) mass is 291 g/mol. The van der Waals surface area contributed by atoms with Crippen molar-refractivity contribution in [3.8, 4) is 0 Å². The molecule has 0 atom stereocenters. The summed E-state index contributed by atoms with van der Waals surface area (Å²) >= 11 is 1.30. The number of rotatable bonds is 5. The van der Waals surface area contributed by atoms with E-state index in [0.717, 1.165) is 12.1 Å². The maximum atomic E-state index is 11.9. The summed E-state index contributed by atoms with van der Waals surface area (Å²) in [5.74, 6) is 0.524. The second-order valence-corrected chi connectivity index (χ2v) is 5.23. The molecule has 0 radical (unpaired) electrons. The molecule has 0 saturated heterocycles. The molecule has 0 aliphatic rings. The number of nitrogens with zero attached hydrogens (tertiary/aromatic N) is 3. The minimum absolute atomic E-state index is 0.0789. The van der Waals surface area contributed by atoms with Gasteiger partial charge in [0.1, 0.15) is 0 Å². The van der Waals surface area contributed by atoms with Gasteiger partial charge < -0.3 is 11.1 Å². The zero-order chi connectivity index (χ0) is 14.5. The van der Waals surface area contributed by atoms with E-state index in [1.807, 2.05) is 24.3 Å². The number of amides is 1. The maximum Gasteiger partial charge on any atom is 0.234 e. The summed E-state index contributed by atoms with van der Waals surface area (Å²) in [7, 11) is 1.76. The number of nitrogen functional groups attached to an aromatic ring is 1. The Morgan fingerprint density at radius 2 is 2.25 bits per heavy atom. The summed E-state index contributed by atoms with van der Waals surface area (Å²) < 4.78 is 1.65. The van der Waals surface area contributed by atoms with E-state index in [0.29, 0.717) is 11.1 Å². The molecule has 1 aromatic heterocycles. The number of aromatic nitrogens is 3. The number of nitrogens with two attached hydrogens (primary N) is 1. The smallest absolute Gasteiger partial charge is 0.234 e. The van der Waals surface area contributed by atoms with Gasteiger partial charge in [-0.3, -0.25) is 9.36 Å². The van der Waals surface area contributed by atoms with Gasteiger partial charge in [-0.15, -0.1) is 10.2 Å². The first kappa shape index (κ1) is 14.4. The third-order valence-electron chi connectivity index (χ3n) is 2.82. The molecular formula is C13H17N5OS. The summed E-state index contributed by atoms with van der Waals surface area (Å²) in [4.78, 5) is 11.9. The lowest BCUT2D eigenvalue weighted by Crippen LogP contribution is -2.14. The van der Waals surface area contributed by atoms with Gasteiger partial charge in [0.05, 0.1) is 5.75 Å². The minimum Gasteiger partial charge on any atom is -0.368 e. The van der Waals surface area contributed by atoms with Gasteiger partial charge in [0, 0.05) is 12.7 Å². The number of carbonyl (C=O) groups excluding carboxylic acids is 1. The second kappa shape index (κ2) is 6.42. The SMILES string of the molecule is CCc1cccc(NC(=O)CSc2nnc(N)n2C)c1. The van der Waals surface area contributed by atoms with Gasteiger partial charge in [-0.05, 0) is 24.1 Å². The largest absolute Gasteiger partial charge is 0.368 e. The number of carbonyl (C=O) groups is 1. The predicted octanol–water partition coefficient (Wildman–Crippen LogP) is 1.69. The number of hydrogen-bond donors (Lipinski definition) is 2. The quantitative estimate of drug-likeness (QED) is 0.819. The predicted molar refractivity (Wildman–Crippen MR) is 80.6 cm³/mol. The van der Waals surface area contributed by atoms with E-state index < -0.39 is 0 Å². The lowest BCUT2D eigenvalue weighted by Gasteiger charge is -2.06. The first-order valence-electron chi connectivity index (χ1n) is 6.26. The molecule has 0 fully saturated rings. The van der Waals surface area contributed by atoms with Crippen LogP contribution in [0.5, 0.6) is 0 Å². The van der Waals surface area contributed by atoms with Crippen LogP contribution in [0.15, 0.2) is 29.4 Å². The van der Waals surface area contributed by atoms with E-state index >= 15 is 0 Å². The van der Waals surface area contributed by atoms with Crippen molar-refractivity contribution in [3.05, 3.63) is 29.8 Å². The Morgan fingerprint density at radius 3 is 2.90 bits per heavy atom. The average molecular weight is 291 g/mol. The van der Waals surface area contributed by atoms with E-state index in [1.165, 1.54) is 17.3 Å². The summed E-state index contributed by atoms with van der Waals surface area (Å²) in [6.07, 6.45) is 0.941. The summed E-state index contributed by atoms with van der Waals surface area (Å²) in [5.41, 5.74) is 7.58. The number of thioether (sulfide) groups is 1. The summed E-state index contributed by atoms with van der Waals surface area (Å²) in [6.45, 7) is 2.08. The van der Waals surface area contributed by atoms with E-state index in [2.05, 4.69) is 22.4 Å². The highest BCUT2D eigenvalue weighted by molar-refractivity contribution is 7.99. The van der Waals surface area contributed by atoms with Gasteiger partial charge >= 0.3 is 0 Å². The molecule has 1 amide bonds. The van der Waals surface area contributed by atoms with Crippen LogP contribution in [0.3, 0.4) is 0 Å². The van der Waals surface area contributed by atoms with Crippen LogP contribution in [0.25, 0.3) is 0 Å². The Labute approximate surface area is 121 Å². The standard InChI is InChI=1S/C13H17N5OS/c1-3-9-5-4-6-10(7-9)15-11(19)8-20-13-17-16-12(14)18(13)2/h4-7H,3,8H2,1-2H3,(H2,14,16)(H,15,19). The lowest BCUT2D eigenvalue weighted by molar-refractivity contribution is -0.113. The minimum atomic E-state index is -0.0789. The lowest BCUT2D eigenvalue weighted by atomic mass is 10.1. The molecule has 0 spiro atoms. The van der Waals surface area contributed by atoms with Gasteiger partial charge in [0.15, 0.2) is 5.16 Å². The highest BCUT2D eigenvalue weighted by atomic mass is 32.2. The Morgan fingerprint density at radius 1 is 1.45 bits per heavy atom. The molecule has 7 heteroatoms. The van der Waals surface area contributed by atoms with Crippen LogP contribution in [0.2, 0.25) is 0 Å². The van der Waals surface area contributed by atoms with Crippen molar-refractivity contribution >= 4 is 29.3 Å². The fourth-order valence-corrected chi connectivity index (χ4v) is 2.37. The van der Waals surface area contributed by atoms with Crippen LogP contribution < -0.4 is 11.1 Å². The highest BCUT2D eigenvalue weighted by Crippen LogP contribution is 2.17. The van der Waals surface area contributed by atoms with E-state index in [1.54, 1.807) is 11.6 Å². The highest BCUT2D eigenvalue weighted by Gasteiger charge is 2.09. The third kappa shape index (κ3) is 3.51. The van der Waals surface area contributed by atoms with Crippen molar-refractivity contribution in [2.45, 2.75) is 18.5 Å². The van der Waals surface area contributed by atoms with Crippen LogP contribution in [0.1, 0.15) is 12.5 Å². The first-order chi connectivity index (χ1) is 9.60. The molecule has 0 aliphatic carbocycles. The Bertz CT molecular complexity index is 611. The Hall–Kier alpha value is -2.02. The molecule has 6 nitrogen and oxygen atoms in total. The molecule has 20 heavy (non-hydrogen) atoms. The van der Waals surface area contributed by atoms with Crippen molar-refractivity contribution in [1.29, 1.82) is 0 Å². The van der Waals surface area contributed by atoms with Crippen molar-refractivity contribution < 1.29 is 4.79 Å². The molecule has 1 heterocycles. The zero-order valence-corrected chi connectivity index (χ0v) is 12.3. The Balaban J connectivity index is 1.90. The number of benzene rings is 1. The van der Waals surface area contributed by atoms with E-state index in [-0.39, 0.29) is 11.7 Å². The maximum absolute atomic E-state index is 11.9. The third-order valence-corrected chi connectivity index (χ3v) is 3.84. The van der Waals surface area contributed by atoms with Crippen LogP contribution >= 0.6 is 11.8 Å². The summed E-state index contributed by atoms with van der Waals surface area (Å²) in [6, 6.07) is 7.82. The van der Waals surface area contributed by atoms with Crippen LogP contribution in [-0.4, -0.2) is 26.4 Å². The Kier molecular flexibility index (Phi) is 4.62. The van der Waals surface area contributed by atoms with Crippen molar-refractivity contribution in [1.82, 2.24) is 14.8 Å². The molecule has 0 saturated carbocycles. The number of anilines is 2. The van der Waals surface area contributed by atoms with Gasteiger partial charge in [-0.1, -0.05) is 30.8 Å². The van der Waals surface area contributed by atoms with Crippen molar-refractivity contribution in [2.24, 2.45) is 7.05 Å². The molecule has 2 aromatic rings. The van der Waals surface area contributed by atoms with Gasteiger partial charge in [-0.2, -0.15) is 0 Å². The molecule has 1 aromatic carbocycles.